The Labute approximate surface area is 118 Å². The van der Waals surface area contributed by atoms with Gasteiger partial charge in [-0.25, -0.2) is 0 Å². The zero-order chi connectivity index (χ0) is 13.1. The Kier molecular flexibility index (Phi) is 4.40. The SMILES string of the molecule is CC(CN)c1ccc(Nc2ssc(=O)c2Cl)cc1. The van der Waals surface area contributed by atoms with Crippen LogP contribution in [0.3, 0.4) is 0 Å². The summed E-state index contributed by atoms with van der Waals surface area (Å²) in [5.41, 5.74) is 7.74. The molecule has 6 heteroatoms. The van der Waals surface area contributed by atoms with E-state index in [1.807, 2.05) is 24.3 Å². The molecule has 2 aromatic rings. The van der Waals surface area contributed by atoms with E-state index in [0.29, 0.717) is 17.5 Å². The van der Waals surface area contributed by atoms with E-state index in [1.165, 1.54) is 15.9 Å². The third-order valence-corrected chi connectivity index (χ3v) is 5.37. The molecular weight excluding hydrogens is 288 g/mol. The van der Waals surface area contributed by atoms with E-state index in [-0.39, 0.29) is 9.77 Å². The van der Waals surface area contributed by atoms with Crippen LogP contribution in [0.5, 0.6) is 0 Å². The van der Waals surface area contributed by atoms with Crippen molar-refractivity contribution >= 4 is 43.0 Å². The Bertz CT molecular complexity index is 577. The van der Waals surface area contributed by atoms with Crippen molar-refractivity contribution in [3.8, 4) is 0 Å². The summed E-state index contributed by atoms with van der Waals surface area (Å²) in [6.45, 7) is 2.72. The van der Waals surface area contributed by atoms with E-state index in [4.69, 9.17) is 17.3 Å². The average molecular weight is 301 g/mol. The number of hydrogen-bond donors (Lipinski definition) is 2. The highest BCUT2D eigenvalue weighted by Gasteiger charge is 2.08. The lowest BCUT2D eigenvalue weighted by molar-refractivity contribution is 0.774. The lowest BCUT2D eigenvalue weighted by Gasteiger charge is -2.10. The number of halogens is 1. The van der Waals surface area contributed by atoms with Gasteiger partial charge >= 0.3 is 0 Å². The van der Waals surface area contributed by atoms with Crippen LogP contribution in [0.25, 0.3) is 0 Å². The summed E-state index contributed by atoms with van der Waals surface area (Å²) in [6, 6.07) is 7.99. The second kappa shape index (κ2) is 5.84. The van der Waals surface area contributed by atoms with Gasteiger partial charge in [-0.15, -0.1) is 0 Å². The number of benzene rings is 1. The molecule has 2 rings (SSSR count). The van der Waals surface area contributed by atoms with Crippen molar-refractivity contribution in [3.05, 3.63) is 44.4 Å². The van der Waals surface area contributed by atoms with E-state index in [2.05, 4.69) is 12.2 Å². The number of nitrogens with one attached hydrogen (secondary N) is 1. The first kappa shape index (κ1) is 13.5. The van der Waals surface area contributed by atoms with Gasteiger partial charge in [0.25, 0.3) is 4.74 Å². The van der Waals surface area contributed by atoms with Crippen LogP contribution in [0, 0.1) is 0 Å². The molecule has 1 aromatic carbocycles. The Balaban J connectivity index is 2.16. The van der Waals surface area contributed by atoms with Gasteiger partial charge in [-0.2, -0.15) is 0 Å². The maximum Gasteiger partial charge on any atom is 0.263 e. The van der Waals surface area contributed by atoms with Crippen LogP contribution in [-0.2, 0) is 0 Å². The molecule has 1 aromatic heterocycles. The molecule has 1 heterocycles. The maximum absolute atomic E-state index is 11.3. The molecule has 0 saturated heterocycles. The molecule has 0 aliphatic rings. The topological polar surface area (TPSA) is 55.1 Å². The monoisotopic (exact) mass is 300 g/mol. The summed E-state index contributed by atoms with van der Waals surface area (Å²) in [5.74, 6) is 0.347. The zero-order valence-electron chi connectivity index (χ0n) is 9.77. The maximum atomic E-state index is 11.3. The van der Waals surface area contributed by atoms with Crippen molar-refractivity contribution in [1.29, 1.82) is 0 Å². The fraction of sp³-hybridized carbons (Fsp3) is 0.250. The summed E-state index contributed by atoms with van der Waals surface area (Å²) >= 11 is 5.89. The molecule has 3 nitrogen and oxygen atoms in total. The molecule has 0 spiro atoms. The number of hydrogen-bond acceptors (Lipinski definition) is 5. The molecule has 0 aliphatic heterocycles. The van der Waals surface area contributed by atoms with Crippen LogP contribution in [0.4, 0.5) is 10.7 Å². The normalized spacial score (nSPS) is 12.4. The Hall–Kier alpha value is -0.880. The van der Waals surface area contributed by atoms with Crippen molar-refractivity contribution in [3.63, 3.8) is 0 Å². The lowest BCUT2D eigenvalue weighted by atomic mass is 10.0. The lowest BCUT2D eigenvalue weighted by Crippen LogP contribution is -2.08. The highest BCUT2D eigenvalue weighted by Crippen LogP contribution is 2.30. The quantitative estimate of drug-likeness (QED) is 0.848. The van der Waals surface area contributed by atoms with Crippen molar-refractivity contribution in [2.45, 2.75) is 12.8 Å². The van der Waals surface area contributed by atoms with Crippen LogP contribution in [0.15, 0.2) is 29.1 Å². The van der Waals surface area contributed by atoms with Gasteiger partial charge in [0, 0.05) is 5.69 Å². The minimum absolute atomic E-state index is 0.0995. The van der Waals surface area contributed by atoms with Crippen LogP contribution < -0.4 is 15.8 Å². The third kappa shape index (κ3) is 2.92. The highest BCUT2D eigenvalue weighted by molar-refractivity contribution is 7.70. The smallest absolute Gasteiger partial charge is 0.263 e. The van der Waals surface area contributed by atoms with Gasteiger partial charge in [-0.05, 0) is 40.5 Å². The largest absolute Gasteiger partial charge is 0.345 e. The Morgan fingerprint density at radius 1 is 1.33 bits per heavy atom. The molecule has 3 N–H and O–H groups in total. The first-order valence-electron chi connectivity index (χ1n) is 5.47. The molecule has 0 bridgehead atoms. The first-order valence-corrected chi connectivity index (χ1v) is 8.00. The van der Waals surface area contributed by atoms with E-state index in [0.717, 1.165) is 16.0 Å². The molecule has 0 saturated carbocycles. The fourth-order valence-corrected chi connectivity index (χ4v) is 3.86. The molecular formula is C12H13ClN2OS2. The predicted molar refractivity (Wildman–Crippen MR) is 80.7 cm³/mol. The molecule has 1 atom stereocenters. The fourth-order valence-electron chi connectivity index (χ4n) is 1.48. The van der Waals surface area contributed by atoms with E-state index < -0.39 is 0 Å². The molecule has 96 valence electrons. The Morgan fingerprint density at radius 2 is 2.00 bits per heavy atom. The second-order valence-corrected chi connectivity index (χ2v) is 6.47. The summed E-state index contributed by atoms with van der Waals surface area (Å²) in [6.07, 6.45) is 0. The van der Waals surface area contributed by atoms with Gasteiger partial charge in [0.2, 0.25) is 0 Å². The van der Waals surface area contributed by atoms with Crippen LogP contribution in [0.1, 0.15) is 18.4 Å². The van der Waals surface area contributed by atoms with Crippen LogP contribution in [0.2, 0.25) is 5.02 Å². The zero-order valence-corrected chi connectivity index (χ0v) is 12.2. The minimum Gasteiger partial charge on any atom is -0.345 e. The van der Waals surface area contributed by atoms with Gasteiger partial charge in [0.15, 0.2) is 0 Å². The average Bonchev–Trinajstić information content (AvgIpc) is 2.71. The first-order chi connectivity index (χ1) is 8.61. The van der Waals surface area contributed by atoms with Crippen LogP contribution in [-0.4, -0.2) is 6.54 Å². The molecule has 0 fully saturated rings. The molecule has 1 unspecified atom stereocenters. The summed E-state index contributed by atoms with van der Waals surface area (Å²) in [5, 5.41) is 4.11. The summed E-state index contributed by atoms with van der Waals surface area (Å²) < 4.78 is -0.0995. The van der Waals surface area contributed by atoms with Crippen LogP contribution >= 0.6 is 32.3 Å². The summed E-state index contributed by atoms with van der Waals surface area (Å²) in [7, 11) is 2.49. The van der Waals surface area contributed by atoms with Gasteiger partial charge in [-0.3, -0.25) is 4.79 Å². The van der Waals surface area contributed by atoms with Crippen molar-refractivity contribution in [1.82, 2.24) is 0 Å². The second-order valence-electron chi connectivity index (χ2n) is 3.98. The van der Waals surface area contributed by atoms with Gasteiger partial charge in [-0.1, -0.05) is 41.0 Å². The molecule has 0 radical (unpaired) electrons. The molecule has 0 aliphatic carbocycles. The molecule has 18 heavy (non-hydrogen) atoms. The van der Waals surface area contributed by atoms with Crippen molar-refractivity contribution in [2.24, 2.45) is 5.73 Å². The highest BCUT2D eigenvalue weighted by atomic mass is 35.5. The van der Waals surface area contributed by atoms with Gasteiger partial charge < -0.3 is 11.1 Å². The van der Waals surface area contributed by atoms with E-state index in [9.17, 15) is 4.79 Å². The molecule has 0 amide bonds. The van der Waals surface area contributed by atoms with Gasteiger partial charge in [0.05, 0.1) is 0 Å². The number of rotatable bonds is 4. The number of anilines is 2. The summed E-state index contributed by atoms with van der Waals surface area (Å²) in [4.78, 5) is 11.3. The third-order valence-electron chi connectivity index (χ3n) is 2.67. The van der Waals surface area contributed by atoms with E-state index in [1.54, 1.807) is 0 Å². The predicted octanol–water partition coefficient (Wildman–Crippen LogP) is 3.63. The Morgan fingerprint density at radius 3 is 2.50 bits per heavy atom. The van der Waals surface area contributed by atoms with E-state index >= 15 is 0 Å². The van der Waals surface area contributed by atoms with Gasteiger partial charge in [0.1, 0.15) is 10.0 Å². The number of nitrogens with two attached hydrogens (primary N) is 1. The van der Waals surface area contributed by atoms with Crippen molar-refractivity contribution < 1.29 is 0 Å². The standard InChI is InChI=1S/C12H13ClN2OS2/c1-7(6-14)8-2-4-9(5-3-8)15-11-10(13)12(16)18-17-11/h2-5,7,15H,6,14H2,1H3. The van der Waals surface area contributed by atoms with Crippen molar-refractivity contribution in [2.75, 3.05) is 11.9 Å². The minimum atomic E-state index is -0.0995.